The van der Waals surface area contributed by atoms with Gasteiger partial charge < -0.3 is 10.1 Å². The van der Waals surface area contributed by atoms with Crippen molar-refractivity contribution < 1.29 is 14.3 Å². The van der Waals surface area contributed by atoms with Crippen LogP contribution in [0.4, 0.5) is 5.69 Å². The van der Waals surface area contributed by atoms with Gasteiger partial charge in [-0.2, -0.15) is 0 Å². The molecular weight excluding hydrogens is 302 g/mol. The number of ketones is 1. The van der Waals surface area contributed by atoms with Crippen molar-refractivity contribution in [2.24, 2.45) is 0 Å². The van der Waals surface area contributed by atoms with Gasteiger partial charge in [-0.15, -0.1) is 0 Å². The van der Waals surface area contributed by atoms with Gasteiger partial charge >= 0.3 is 0 Å². The predicted molar refractivity (Wildman–Crippen MR) is 95.7 cm³/mol. The van der Waals surface area contributed by atoms with Gasteiger partial charge in [-0.05, 0) is 54.3 Å². The van der Waals surface area contributed by atoms with Crippen molar-refractivity contribution in [2.75, 3.05) is 11.9 Å². The summed E-state index contributed by atoms with van der Waals surface area (Å²) in [6, 6.07) is 14.6. The van der Waals surface area contributed by atoms with E-state index in [1.807, 2.05) is 24.3 Å². The summed E-state index contributed by atoms with van der Waals surface area (Å²) < 4.78 is 5.57. The predicted octanol–water partition coefficient (Wildman–Crippen LogP) is 4.42. The molecule has 24 heavy (non-hydrogen) atoms. The third kappa shape index (κ3) is 4.95. The molecule has 1 amide bonds. The van der Waals surface area contributed by atoms with Crippen molar-refractivity contribution >= 4 is 17.4 Å². The minimum atomic E-state index is -0.141. The van der Waals surface area contributed by atoms with E-state index in [1.54, 1.807) is 24.3 Å². The summed E-state index contributed by atoms with van der Waals surface area (Å²) in [5, 5.41) is 2.67. The van der Waals surface area contributed by atoms with Gasteiger partial charge in [0.25, 0.3) is 0 Å². The fraction of sp³-hybridized carbons (Fsp3) is 0.300. The SMILES string of the molecule is CC[C@H](C)c1ccc(OCC(=O)c2ccc(NC(C)=O)cc2)cc1. The summed E-state index contributed by atoms with van der Waals surface area (Å²) in [5.41, 5.74) is 2.49. The Labute approximate surface area is 142 Å². The standard InChI is InChI=1S/C20H23NO3/c1-4-14(2)16-7-11-19(12-8-16)24-13-20(23)17-5-9-18(10-6-17)21-15(3)22/h5-12,14H,4,13H2,1-3H3,(H,21,22)/t14-/m0/s1. The van der Waals surface area contributed by atoms with E-state index in [9.17, 15) is 9.59 Å². The Kier molecular flexibility index (Phi) is 6.13. The Morgan fingerprint density at radius 1 is 1.04 bits per heavy atom. The van der Waals surface area contributed by atoms with E-state index in [1.165, 1.54) is 12.5 Å². The van der Waals surface area contributed by atoms with Crippen molar-refractivity contribution in [3.8, 4) is 5.75 Å². The Balaban J connectivity index is 1.91. The van der Waals surface area contributed by atoms with Gasteiger partial charge in [0.1, 0.15) is 5.75 Å². The number of carbonyl (C=O) groups is 2. The lowest BCUT2D eigenvalue weighted by Gasteiger charge is -2.10. The van der Waals surface area contributed by atoms with Crippen LogP contribution in [0.2, 0.25) is 0 Å². The number of benzene rings is 2. The van der Waals surface area contributed by atoms with Crippen LogP contribution in [0, 0.1) is 0 Å². The Hall–Kier alpha value is -2.62. The lowest BCUT2D eigenvalue weighted by molar-refractivity contribution is -0.114. The molecule has 1 N–H and O–H groups in total. The van der Waals surface area contributed by atoms with Crippen LogP contribution < -0.4 is 10.1 Å². The molecule has 0 fully saturated rings. The third-order valence-corrected chi connectivity index (χ3v) is 3.96. The lowest BCUT2D eigenvalue weighted by atomic mass is 9.99. The van der Waals surface area contributed by atoms with Gasteiger partial charge in [0.2, 0.25) is 5.91 Å². The van der Waals surface area contributed by atoms with Crippen LogP contribution in [0.1, 0.15) is 49.0 Å². The lowest BCUT2D eigenvalue weighted by Crippen LogP contribution is -2.12. The summed E-state index contributed by atoms with van der Waals surface area (Å²) in [6.07, 6.45) is 1.09. The average molecular weight is 325 g/mol. The maximum Gasteiger partial charge on any atom is 0.221 e. The number of rotatable bonds is 7. The van der Waals surface area contributed by atoms with Gasteiger partial charge in [0.05, 0.1) is 0 Å². The van der Waals surface area contributed by atoms with E-state index in [4.69, 9.17) is 4.74 Å². The molecule has 0 heterocycles. The molecule has 0 spiro atoms. The van der Waals surface area contributed by atoms with Crippen molar-refractivity contribution in [1.82, 2.24) is 0 Å². The minimum Gasteiger partial charge on any atom is -0.485 e. The number of nitrogens with one attached hydrogen (secondary N) is 1. The van der Waals surface area contributed by atoms with E-state index >= 15 is 0 Å². The van der Waals surface area contributed by atoms with Crippen molar-refractivity contribution in [1.29, 1.82) is 0 Å². The Morgan fingerprint density at radius 2 is 1.67 bits per heavy atom. The van der Waals surface area contributed by atoms with E-state index in [0.29, 0.717) is 22.9 Å². The van der Waals surface area contributed by atoms with Gasteiger partial charge in [-0.1, -0.05) is 26.0 Å². The summed E-state index contributed by atoms with van der Waals surface area (Å²) in [5.74, 6) is 0.960. The number of hydrogen-bond acceptors (Lipinski definition) is 3. The smallest absolute Gasteiger partial charge is 0.221 e. The highest BCUT2D eigenvalue weighted by molar-refractivity contribution is 5.98. The van der Waals surface area contributed by atoms with Gasteiger partial charge in [0.15, 0.2) is 12.4 Å². The van der Waals surface area contributed by atoms with Crippen LogP contribution in [0.15, 0.2) is 48.5 Å². The highest BCUT2D eigenvalue weighted by Crippen LogP contribution is 2.21. The number of amides is 1. The second-order valence-corrected chi connectivity index (χ2v) is 5.85. The van der Waals surface area contributed by atoms with Crippen LogP contribution in [-0.4, -0.2) is 18.3 Å². The zero-order valence-corrected chi connectivity index (χ0v) is 14.3. The molecule has 0 saturated carbocycles. The number of Topliss-reactive ketones (excluding diaryl/α,β-unsaturated/α-hetero) is 1. The Morgan fingerprint density at radius 3 is 2.21 bits per heavy atom. The van der Waals surface area contributed by atoms with E-state index in [-0.39, 0.29) is 18.3 Å². The van der Waals surface area contributed by atoms with Crippen LogP contribution in [0.5, 0.6) is 5.75 Å². The first-order chi connectivity index (χ1) is 11.5. The topological polar surface area (TPSA) is 55.4 Å². The molecule has 2 aromatic rings. The molecule has 0 unspecified atom stereocenters. The molecule has 4 nitrogen and oxygen atoms in total. The molecule has 0 bridgehead atoms. The first-order valence-corrected chi connectivity index (χ1v) is 8.13. The fourth-order valence-electron chi connectivity index (χ4n) is 2.30. The molecule has 2 rings (SSSR count). The quantitative estimate of drug-likeness (QED) is 0.767. The van der Waals surface area contributed by atoms with Crippen LogP contribution in [0.25, 0.3) is 0 Å². The third-order valence-electron chi connectivity index (χ3n) is 3.96. The van der Waals surface area contributed by atoms with Crippen LogP contribution >= 0.6 is 0 Å². The summed E-state index contributed by atoms with van der Waals surface area (Å²) in [6.45, 7) is 5.77. The molecule has 0 radical (unpaired) electrons. The molecule has 0 aliphatic rings. The molecule has 126 valence electrons. The van der Waals surface area contributed by atoms with Crippen molar-refractivity contribution in [3.63, 3.8) is 0 Å². The normalized spacial score (nSPS) is 11.6. The van der Waals surface area contributed by atoms with E-state index < -0.39 is 0 Å². The van der Waals surface area contributed by atoms with Gasteiger partial charge in [-0.3, -0.25) is 9.59 Å². The summed E-state index contributed by atoms with van der Waals surface area (Å²) in [7, 11) is 0. The second kappa shape index (κ2) is 8.29. The number of anilines is 1. The maximum atomic E-state index is 12.2. The summed E-state index contributed by atoms with van der Waals surface area (Å²) >= 11 is 0. The number of hydrogen-bond donors (Lipinski definition) is 1. The number of carbonyl (C=O) groups excluding carboxylic acids is 2. The van der Waals surface area contributed by atoms with Crippen LogP contribution in [-0.2, 0) is 4.79 Å². The average Bonchev–Trinajstić information content (AvgIpc) is 2.59. The largest absolute Gasteiger partial charge is 0.485 e. The molecule has 0 saturated heterocycles. The van der Waals surface area contributed by atoms with E-state index in [0.717, 1.165) is 6.42 Å². The minimum absolute atomic E-state index is 0.0117. The highest BCUT2D eigenvalue weighted by atomic mass is 16.5. The van der Waals surface area contributed by atoms with E-state index in [2.05, 4.69) is 19.2 Å². The molecule has 0 aliphatic heterocycles. The molecule has 4 heteroatoms. The molecule has 2 aromatic carbocycles. The molecular formula is C20H23NO3. The zero-order chi connectivity index (χ0) is 17.5. The van der Waals surface area contributed by atoms with Crippen LogP contribution in [0.3, 0.4) is 0 Å². The number of ether oxygens (including phenoxy) is 1. The molecule has 0 aromatic heterocycles. The maximum absolute atomic E-state index is 12.2. The molecule has 1 atom stereocenters. The first kappa shape index (κ1) is 17.7. The van der Waals surface area contributed by atoms with Crippen molar-refractivity contribution in [3.05, 3.63) is 59.7 Å². The first-order valence-electron chi connectivity index (χ1n) is 8.13. The van der Waals surface area contributed by atoms with Gasteiger partial charge in [-0.25, -0.2) is 0 Å². The Bertz CT molecular complexity index is 690. The highest BCUT2D eigenvalue weighted by Gasteiger charge is 2.08. The fourth-order valence-corrected chi connectivity index (χ4v) is 2.30. The van der Waals surface area contributed by atoms with Gasteiger partial charge in [0, 0.05) is 18.2 Å². The summed E-state index contributed by atoms with van der Waals surface area (Å²) in [4.78, 5) is 23.1. The molecule has 0 aliphatic carbocycles. The monoisotopic (exact) mass is 325 g/mol. The zero-order valence-electron chi connectivity index (χ0n) is 14.3. The second-order valence-electron chi connectivity index (χ2n) is 5.85. The van der Waals surface area contributed by atoms with Crippen molar-refractivity contribution in [2.45, 2.75) is 33.1 Å².